The Morgan fingerprint density at radius 1 is 1.21 bits per heavy atom. The molecule has 0 amide bonds. The van der Waals surface area contributed by atoms with Gasteiger partial charge in [0.25, 0.3) is 0 Å². The van der Waals surface area contributed by atoms with Gasteiger partial charge in [-0.15, -0.1) is 0 Å². The highest BCUT2D eigenvalue weighted by atomic mass is 16.5. The second-order valence-corrected chi connectivity index (χ2v) is 3.60. The van der Waals surface area contributed by atoms with Crippen LogP contribution < -0.4 is 10.5 Å². The van der Waals surface area contributed by atoms with E-state index in [0.717, 1.165) is 5.56 Å². The number of rotatable bonds is 4. The molecule has 0 radical (unpaired) electrons. The smallest absolute Gasteiger partial charge is 0.249 e. The third-order valence-corrected chi connectivity index (χ3v) is 2.34. The number of nitrogens with two attached hydrogens (primary N) is 1. The summed E-state index contributed by atoms with van der Waals surface area (Å²) in [4.78, 5) is 7.92. The van der Waals surface area contributed by atoms with Crippen LogP contribution in [-0.2, 0) is 6.61 Å². The van der Waals surface area contributed by atoms with Crippen LogP contribution in [0.15, 0.2) is 41.8 Å². The molecular formula is C12H12N4O3. The van der Waals surface area contributed by atoms with E-state index < -0.39 is 0 Å². The average Bonchev–Trinajstić information content (AvgIpc) is 2.48. The van der Waals surface area contributed by atoms with E-state index >= 15 is 0 Å². The summed E-state index contributed by atoms with van der Waals surface area (Å²) in [5.41, 5.74) is 6.39. The summed E-state index contributed by atoms with van der Waals surface area (Å²) in [5.74, 6) is 0.453. The molecule has 2 rings (SSSR count). The van der Waals surface area contributed by atoms with Gasteiger partial charge in [0.15, 0.2) is 11.5 Å². The first-order chi connectivity index (χ1) is 9.24. The number of aromatic nitrogens is 2. The number of nitrogens with zero attached hydrogens (tertiary/aromatic N) is 3. The van der Waals surface area contributed by atoms with Crippen LogP contribution >= 0.6 is 0 Å². The van der Waals surface area contributed by atoms with Gasteiger partial charge in [-0.2, -0.15) is 0 Å². The summed E-state index contributed by atoms with van der Waals surface area (Å²) >= 11 is 0. The molecule has 2 aromatic rings. The predicted octanol–water partition coefficient (Wildman–Crippen LogP) is 0.856. The molecule has 4 N–H and O–H groups in total. The predicted molar refractivity (Wildman–Crippen MR) is 67.0 cm³/mol. The molecule has 0 aliphatic rings. The SMILES string of the molecule is N/C(=N/O)c1nccnc1Oc1ccc(CO)cc1. The fraction of sp³-hybridized carbons (Fsp3) is 0.0833. The molecule has 0 fully saturated rings. The minimum atomic E-state index is -0.185. The number of hydrogen-bond donors (Lipinski definition) is 3. The Hall–Kier alpha value is -2.67. The maximum absolute atomic E-state index is 8.94. The molecule has 7 nitrogen and oxygen atoms in total. The highest BCUT2D eigenvalue weighted by Crippen LogP contribution is 2.21. The van der Waals surface area contributed by atoms with Crippen LogP contribution in [0.4, 0.5) is 0 Å². The molecule has 98 valence electrons. The van der Waals surface area contributed by atoms with Crippen molar-refractivity contribution >= 4 is 5.84 Å². The largest absolute Gasteiger partial charge is 0.437 e. The molecule has 19 heavy (non-hydrogen) atoms. The Morgan fingerprint density at radius 3 is 2.53 bits per heavy atom. The minimum Gasteiger partial charge on any atom is -0.437 e. The Morgan fingerprint density at radius 2 is 1.89 bits per heavy atom. The lowest BCUT2D eigenvalue weighted by atomic mass is 10.2. The van der Waals surface area contributed by atoms with Crippen LogP contribution in [0, 0.1) is 0 Å². The second kappa shape index (κ2) is 5.78. The summed E-state index contributed by atoms with van der Waals surface area (Å²) in [7, 11) is 0. The number of aliphatic hydroxyl groups excluding tert-OH is 1. The zero-order valence-corrected chi connectivity index (χ0v) is 9.89. The van der Waals surface area contributed by atoms with Crippen LogP contribution in [0.5, 0.6) is 11.6 Å². The fourth-order valence-electron chi connectivity index (χ4n) is 1.40. The van der Waals surface area contributed by atoms with Crippen molar-refractivity contribution in [3.63, 3.8) is 0 Å². The Labute approximate surface area is 109 Å². The number of benzene rings is 1. The van der Waals surface area contributed by atoms with Gasteiger partial charge in [0.05, 0.1) is 6.61 Å². The van der Waals surface area contributed by atoms with Crippen LogP contribution in [0.3, 0.4) is 0 Å². The molecule has 0 bridgehead atoms. The first-order valence-electron chi connectivity index (χ1n) is 5.41. The maximum atomic E-state index is 8.94. The summed E-state index contributed by atoms with van der Waals surface area (Å²) in [6.07, 6.45) is 2.85. The van der Waals surface area contributed by atoms with Crippen molar-refractivity contribution in [3.05, 3.63) is 47.9 Å². The van der Waals surface area contributed by atoms with Gasteiger partial charge in [-0.1, -0.05) is 17.3 Å². The van der Waals surface area contributed by atoms with Gasteiger partial charge < -0.3 is 20.8 Å². The van der Waals surface area contributed by atoms with E-state index in [9.17, 15) is 0 Å². The molecule has 0 aliphatic heterocycles. The van der Waals surface area contributed by atoms with Crippen LogP contribution in [0.1, 0.15) is 11.3 Å². The van der Waals surface area contributed by atoms with Gasteiger partial charge in [-0.3, -0.25) is 0 Å². The highest BCUT2D eigenvalue weighted by molar-refractivity contribution is 5.97. The number of amidine groups is 1. The topological polar surface area (TPSA) is 114 Å². The van der Waals surface area contributed by atoms with Gasteiger partial charge in [0.2, 0.25) is 5.88 Å². The Bertz CT molecular complexity index is 584. The summed E-state index contributed by atoms with van der Waals surface area (Å²) in [6.45, 7) is -0.0409. The summed E-state index contributed by atoms with van der Waals surface area (Å²) in [5, 5.41) is 20.5. The lowest BCUT2D eigenvalue weighted by Gasteiger charge is -2.08. The minimum absolute atomic E-state index is 0.0409. The van der Waals surface area contributed by atoms with E-state index in [1.54, 1.807) is 24.3 Å². The molecule has 1 heterocycles. The van der Waals surface area contributed by atoms with Crippen molar-refractivity contribution in [3.8, 4) is 11.6 Å². The monoisotopic (exact) mass is 260 g/mol. The highest BCUT2D eigenvalue weighted by Gasteiger charge is 2.12. The van der Waals surface area contributed by atoms with E-state index in [1.807, 2.05) is 0 Å². The van der Waals surface area contributed by atoms with E-state index in [-0.39, 0.29) is 24.0 Å². The van der Waals surface area contributed by atoms with Crippen molar-refractivity contribution < 1.29 is 15.1 Å². The number of hydrogen-bond acceptors (Lipinski definition) is 6. The van der Waals surface area contributed by atoms with E-state index in [2.05, 4.69) is 15.1 Å². The quantitative estimate of drug-likeness (QED) is 0.325. The summed E-state index contributed by atoms with van der Waals surface area (Å²) in [6, 6.07) is 6.79. The molecule has 0 atom stereocenters. The molecule has 0 aliphatic carbocycles. The van der Waals surface area contributed by atoms with Crippen LogP contribution in [0.2, 0.25) is 0 Å². The lowest BCUT2D eigenvalue weighted by molar-refractivity contribution is 0.281. The van der Waals surface area contributed by atoms with Crippen molar-refractivity contribution in [1.82, 2.24) is 9.97 Å². The molecule has 0 saturated heterocycles. The van der Waals surface area contributed by atoms with Gasteiger partial charge in [-0.05, 0) is 17.7 Å². The van der Waals surface area contributed by atoms with Crippen molar-refractivity contribution in [2.24, 2.45) is 10.9 Å². The molecule has 7 heteroatoms. The van der Waals surface area contributed by atoms with E-state index in [1.165, 1.54) is 12.4 Å². The fourth-order valence-corrected chi connectivity index (χ4v) is 1.40. The zero-order chi connectivity index (χ0) is 13.7. The normalized spacial score (nSPS) is 11.3. The maximum Gasteiger partial charge on any atom is 0.249 e. The Balaban J connectivity index is 2.27. The average molecular weight is 260 g/mol. The van der Waals surface area contributed by atoms with Crippen molar-refractivity contribution in [2.45, 2.75) is 6.61 Å². The van der Waals surface area contributed by atoms with Gasteiger partial charge in [-0.25, -0.2) is 9.97 Å². The number of aliphatic hydroxyl groups is 1. The van der Waals surface area contributed by atoms with Crippen LogP contribution in [0.25, 0.3) is 0 Å². The Kier molecular flexibility index (Phi) is 3.89. The van der Waals surface area contributed by atoms with Gasteiger partial charge in [0, 0.05) is 12.4 Å². The molecule has 0 saturated carbocycles. The zero-order valence-electron chi connectivity index (χ0n) is 9.89. The molecule has 1 aromatic carbocycles. The molecule has 0 spiro atoms. The first kappa shape index (κ1) is 12.8. The van der Waals surface area contributed by atoms with E-state index in [4.69, 9.17) is 20.8 Å². The van der Waals surface area contributed by atoms with Gasteiger partial charge in [0.1, 0.15) is 5.75 Å². The number of oxime groups is 1. The molecule has 1 aromatic heterocycles. The first-order valence-corrected chi connectivity index (χ1v) is 5.41. The molecule has 0 unspecified atom stereocenters. The van der Waals surface area contributed by atoms with Crippen molar-refractivity contribution in [2.75, 3.05) is 0 Å². The summed E-state index contributed by atoms with van der Waals surface area (Å²) < 4.78 is 5.50. The second-order valence-electron chi connectivity index (χ2n) is 3.60. The third kappa shape index (κ3) is 2.96. The van der Waals surface area contributed by atoms with Gasteiger partial charge >= 0.3 is 0 Å². The third-order valence-electron chi connectivity index (χ3n) is 2.34. The lowest BCUT2D eigenvalue weighted by Crippen LogP contribution is -2.16. The molecular weight excluding hydrogens is 248 g/mol. The van der Waals surface area contributed by atoms with Crippen LogP contribution in [-0.4, -0.2) is 26.1 Å². The van der Waals surface area contributed by atoms with E-state index in [0.29, 0.717) is 5.75 Å². The van der Waals surface area contributed by atoms with Crippen molar-refractivity contribution in [1.29, 1.82) is 0 Å². The number of ether oxygens (including phenoxy) is 1. The standard InChI is InChI=1S/C12H12N4O3/c13-11(16-18)10-12(15-6-5-14-10)19-9-3-1-8(7-17)2-4-9/h1-6,17-18H,7H2,(H2,13,16).